The molecule has 2 N–H and O–H groups in total. The van der Waals surface area contributed by atoms with Gasteiger partial charge in [-0.05, 0) is 49.2 Å². The van der Waals surface area contributed by atoms with Gasteiger partial charge in [-0.15, -0.1) is 0 Å². The summed E-state index contributed by atoms with van der Waals surface area (Å²) in [6, 6.07) is 23.0. The summed E-state index contributed by atoms with van der Waals surface area (Å²) in [6.07, 6.45) is 1.41. The molecule has 0 unspecified atom stereocenters. The van der Waals surface area contributed by atoms with Gasteiger partial charge in [-0.25, -0.2) is 5.43 Å². The van der Waals surface area contributed by atoms with Crippen LogP contribution in [0.1, 0.15) is 19.4 Å². The summed E-state index contributed by atoms with van der Waals surface area (Å²) < 4.78 is 5.51. The summed E-state index contributed by atoms with van der Waals surface area (Å²) >= 11 is 0. The number of phenols is 1. The standard InChI is InChI=1S/C25H27N3O3/c1-3-28(4-2)22-13-10-21(24(29)16-22)17-26-27-25(30)18-31-23-14-11-20(12-15-23)19-8-6-5-7-9-19/h5-17,29H,3-4,18H2,1-2H3,(H,27,30). The number of amides is 1. The zero-order valence-electron chi connectivity index (χ0n) is 17.8. The molecule has 0 aliphatic rings. The highest BCUT2D eigenvalue weighted by Gasteiger charge is 2.06. The van der Waals surface area contributed by atoms with Crippen LogP contribution in [0.25, 0.3) is 11.1 Å². The Kier molecular flexibility index (Phi) is 7.65. The Morgan fingerprint density at radius 3 is 2.32 bits per heavy atom. The Labute approximate surface area is 182 Å². The first-order valence-electron chi connectivity index (χ1n) is 10.3. The minimum atomic E-state index is -0.386. The molecule has 0 aliphatic heterocycles. The van der Waals surface area contributed by atoms with Crippen LogP contribution in [0.2, 0.25) is 0 Å². The average Bonchev–Trinajstić information content (AvgIpc) is 2.81. The summed E-state index contributed by atoms with van der Waals surface area (Å²) in [7, 11) is 0. The number of hydrogen-bond donors (Lipinski definition) is 2. The second kappa shape index (κ2) is 10.8. The molecule has 160 valence electrons. The number of anilines is 1. The van der Waals surface area contributed by atoms with Gasteiger partial charge < -0.3 is 14.7 Å². The molecule has 6 nitrogen and oxygen atoms in total. The van der Waals surface area contributed by atoms with Crippen molar-refractivity contribution < 1.29 is 14.6 Å². The largest absolute Gasteiger partial charge is 0.507 e. The number of hydrogen-bond acceptors (Lipinski definition) is 5. The van der Waals surface area contributed by atoms with Crippen molar-refractivity contribution >= 4 is 17.8 Å². The lowest BCUT2D eigenvalue weighted by molar-refractivity contribution is -0.123. The SMILES string of the molecule is CCN(CC)c1ccc(C=NNC(=O)COc2ccc(-c3ccccc3)cc2)c(O)c1. The highest BCUT2D eigenvalue weighted by Crippen LogP contribution is 2.24. The van der Waals surface area contributed by atoms with Gasteiger partial charge in [0.15, 0.2) is 6.61 Å². The molecule has 0 bridgehead atoms. The first kappa shape index (κ1) is 21.9. The number of aromatic hydroxyl groups is 1. The van der Waals surface area contributed by atoms with Crippen LogP contribution in [0.15, 0.2) is 77.9 Å². The number of benzene rings is 3. The second-order valence-electron chi connectivity index (χ2n) is 6.89. The van der Waals surface area contributed by atoms with Gasteiger partial charge in [-0.3, -0.25) is 4.79 Å². The molecule has 1 amide bonds. The molecule has 0 fully saturated rings. The smallest absolute Gasteiger partial charge is 0.277 e. The molecule has 0 atom stereocenters. The number of nitrogens with one attached hydrogen (secondary N) is 1. The average molecular weight is 418 g/mol. The number of ether oxygens (including phenoxy) is 1. The van der Waals surface area contributed by atoms with E-state index in [1.807, 2.05) is 60.7 Å². The van der Waals surface area contributed by atoms with Crippen molar-refractivity contribution in [2.24, 2.45) is 5.10 Å². The molecule has 3 aromatic carbocycles. The van der Waals surface area contributed by atoms with Gasteiger partial charge in [0, 0.05) is 30.4 Å². The molecule has 31 heavy (non-hydrogen) atoms. The predicted octanol–water partition coefficient (Wildman–Crippen LogP) is 4.43. The Morgan fingerprint density at radius 2 is 1.68 bits per heavy atom. The lowest BCUT2D eigenvalue weighted by atomic mass is 10.1. The predicted molar refractivity (Wildman–Crippen MR) is 125 cm³/mol. The molecule has 3 aromatic rings. The molecule has 0 radical (unpaired) electrons. The number of rotatable bonds is 9. The van der Waals surface area contributed by atoms with Crippen LogP contribution in [0, 0.1) is 0 Å². The summed E-state index contributed by atoms with van der Waals surface area (Å²) in [4.78, 5) is 14.1. The number of hydrazone groups is 1. The van der Waals surface area contributed by atoms with Gasteiger partial charge in [-0.1, -0.05) is 42.5 Å². The van der Waals surface area contributed by atoms with E-state index in [-0.39, 0.29) is 18.3 Å². The number of phenolic OH excluding ortho intramolecular Hbond substituents is 1. The lowest BCUT2D eigenvalue weighted by Crippen LogP contribution is -2.24. The Bertz CT molecular complexity index is 1010. The topological polar surface area (TPSA) is 74.2 Å². The quantitative estimate of drug-likeness (QED) is 0.399. The number of nitrogens with zero attached hydrogens (tertiary/aromatic N) is 2. The fourth-order valence-electron chi connectivity index (χ4n) is 3.16. The number of carbonyl (C=O) groups excluding carboxylic acids is 1. The molecule has 0 saturated carbocycles. The minimum absolute atomic E-state index is 0.108. The fourth-order valence-corrected chi connectivity index (χ4v) is 3.16. The summed E-state index contributed by atoms with van der Waals surface area (Å²) in [5, 5.41) is 14.1. The molecule has 3 rings (SSSR count). The minimum Gasteiger partial charge on any atom is -0.507 e. The monoisotopic (exact) mass is 417 g/mol. The lowest BCUT2D eigenvalue weighted by Gasteiger charge is -2.21. The van der Waals surface area contributed by atoms with Crippen LogP contribution in [0.5, 0.6) is 11.5 Å². The highest BCUT2D eigenvalue weighted by atomic mass is 16.5. The van der Waals surface area contributed by atoms with Gasteiger partial charge in [0.05, 0.1) is 6.21 Å². The third-order valence-corrected chi connectivity index (χ3v) is 4.87. The Hall–Kier alpha value is -3.80. The van der Waals surface area contributed by atoms with Crippen molar-refractivity contribution in [1.29, 1.82) is 0 Å². The molecule has 6 heteroatoms. The van der Waals surface area contributed by atoms with E-state index in [1.54, 1.807) is 12.1 Å². The van der Waals surface area contributed by atoms with Crippen molar-refractivity contribution in [3.05, 3.63) is 78.4 Å². The molecule has 0 saturated heterocycles. The first-order chi connectivity index (χ1) is 15.1. The zero-order valence-corrected chi connectivity index (χ0v) is 17.8. The summed E-state index contributed by atoms with van der Waals surface area (Å²) in [5.74, 6) is 0.322. The van der Waals surface area contributed by atoms with Crippen LogP contribution in [-0.2, 0) is 4.79 Å². The van der Waals surface area contributed by atoms with Gasteiger partial charge in [0.25, 0.3) is 5.91 Å². The van der Waals surface area contributed by atoms with Gasteiger partial charge in [0.2, 0.25) is 0 Å². The van der Waals surface area contributed by atoms with E-state index in [1.165, 1.54) is 6.21 Å². The van der Waals surface area contributed by atoms with Crippen LogP contribution < -0.4 is 15.1 Å². The van der Waals surface area contributed by atoms with Crippen LogP contribution >= 0.6 is 0 Å². The maximum Gasteiger partial charge on any atom is 0.277 e. The molecule has 0 aromatic heterocycles. The number of carbonyl (C=O) groups is 1. The highest BCUT2D eigenvalue weighted by molar-refractivity contribution is 5.86. The first-order valence-corrected chi connectivity index (χ1v) is 10.3. The van der Waals surface area contributed by atoms with Crippen LogP contribution in [0.4, 0.5) is 5.69 Å². The van der Waals surface area contributed by atoms with Crippen molar-refractivity contribution in [3.8, 4) is 22.6 Å². The van der Waals surface area contributed by atoms with Crippen LogP contribution in [-0.4, -0.2) is 36.9 Å². The third-order valence-electron chi connectivity index (χ3n) is 4.87. The van der Waals surface area contributed by atoms with Gasteiger partial charge in [0.1, 0.15) is 11.5 Å². The third kappa shape index (κ3) is 6.09. The van der Waals surface area contributed by atoms with Gasteiger partial charge in [-0.2, -0.15) is 5.10 Å². The maximum absolute atomic E-state index is 12.0. The van der Waals surface area contributed by atoms with Crippen molar-refractivity contribution in [2.45, 2.75) is 13.8 Å². The summed E-state index contributed by atoms with van der Waals surface area (Å²) in [6.45, 7) is 5.67. The van der Waals surface area contributed by atoms with Crippen LogP contribution in [0.3, 0.4) is 0 Å². The van der Waals surface area contributed by atoms with Crippen molar-refractivity contribution in [2.75, 3.05) is 24.6 Å². The normalized spacial score (nSPS) is 10.8. The van der Waals surface area contributed by atoms with E-state index in [0.29, 0.717) is 11.3 Å². The van der Waals surface area contributed by atoms with Crippen molar-refractivity contribution in [3.63, 3.8) is 0 Å². The van der Waals surface area contributed by atoms with E-state index < -0.39 is 0 Å². The summed E-state index contributed by atoms with van der Waals surface area (Å²) in [5.41, 5.74) is 6.07. The van der Waals surface area contributed by atoms with E-state index in [2.05, 4.69) is 29.3 Å². The molecule has 0 spiro atoms. The molecule has 0 aliphatic carbocycles. The van der Waals surface area contributed by atoms with E-state index in [4.69, 9.17) is 4.74 Å². The maximum atomic E-state index is 12.0. The van der Waals surface area contributed by atoms with E-state index in [0.717, 1.165) is 29.9 Å². The second-order valence-corrected chi connectivity index (χ2v) is 6.89. The zero-order chi connectivity index (χ0) is 22.1. The van der Waals surface area contributed by atoms with E-state index >= 15 is 0 Å². The molecular formula is C25H27N3O3. The Balaban J connectivity index is 1.49. The molecule has 0 heterocycles. The fraction of sp³-hybridized carbons (Fsp3) is 0.200. The van der Waals surface area contributed by atoms with Crippen molar-refractivity contribution in [1.82, 2.24) is 5.43 Å². The molecular weight excluding hydrogens is 390 g/mol. The Morgan fingerprint density at radius 1 is 1.00 bits per heavy atom. The van der Waals surface area contributed by atoms with E-state index in [9.17, 15) is 9.90 Å². The van der Waals surface area contributed by atoms with Gasteiger partial charge >= 0.3 is 0 Å².